The minimum absolute atomic E-state index is 0.264. The normalized spacial score (nSPS) is 11.3. The van der Waals surface area contributed by atoms with Gasteiger partial charge >= 0.3 is 0 Å². The number of hydrogen-bond donors (Lipinski definition) is 0. The van der Waals surface area contributed by atoms with Crippen molar-refractivity contribution in [2.45, 2.75) is 18.7 Å². The van der Waals surface area contributed by atoms with Crippen LogP contribution in [0.4, 0.5) is 5.69 Å². The van der Waals surface area contributed by atoms with Crippen LogP contribution in [0, 0.1) is 13.8 Å². The van der Waals surface area contributed by atoms with Crippen LogP contribution in [0.3, 0.4) is 0 Å². The van der Waals surface area contributed by atoms with Gasteiger partial charge in [0.15, 0.2) is 0 Å². The molecule has 0 N–H and O–H groups in total. The summed E-state index contributed by atoms with van der Waals surface area (Å²) in [5.41, 5.74) is 4.24. The zero-order chi connectivity index (χ0) is 19.6. The van der Waals surface area contributed by atoms with Crippen molar-refractivity contribution in [2.75, 3.05) is 18.5 Å². The second-order valence-electron chi connectivity index (χ2n) is 6.37. The summed E-state index contributed by atoms with van der Waals surface area (Å²) in [5, 5.41) is 0. The second-order valence-corrected chi connectivity index (χ2v) is 8.34. The molecule has 27 heavy (non-hydrogen) atoms. The van der Waals surface area contributed by atoms with E-state index in [0.29, 0.717) is 11.4 Å². The number of benzene rings is 2. The number of nitrogens with zero attached hydrogens (tertiary/aromatic N) is 2. The van der Waals surface area contributed by atoms with Crippen LogP contribution in [-0.4, -0.2) is 27.6 Å². The third-order valence-electron chi connectivity index (χ3n) is 4.51. The van der Waals surface area contributed by atoms with E-state index in [2.05, 4.69) is 4.98 Å². The zero-order valence-corrected chi connectivity index (χ0v) is 16.6. The van der Waals surface area contributed by atoms with Gasteiger partial charge in [-0.15, -0.1) is 0 Å². The Morgan fingerprint density at radius 3 is 2.26 bits per heavy atom. The van der Waals surface area contributed by atoms with Gasteiger partial charge in [-0.05, 0) is 55.8 Å². The van der Waals surface area contributed by atoms with E-state index in [-0.39, 0.29) is 4.90 Å². The molecule has 3 rings (SSSR count). The van der Waals surface area contributed by atoms with E-state index < -0.39 is 10.0 Å². The summed E-state index contributed by atoms with van der Waals surface area (Å²) in [6.45, 7) is 3.90. The Hall–Kier alpha value is -2.86. The van der Waals surface area contributed by atoms with Gasteiger partial charge in [0, 0.05) is 12.6 Å². The van der Waals surface area contributed by atoms with Crippen LogP contribution in [0.5, 0.6) is 5.75 Å². The Bertz CT molecular complexity index is 1040. The second kappa shape index (κ2) is 7.40. The number of aromatic nitrogens is 1. The molecule has 0 bridgehead atoms. The summed E-state index contributed by atoms with van der Waals surface area (Å²) in [6, 6.07) is 16.1. The maximum atomic E-state index is 13.0. The number of hydrogen-bond acceptors (Lipinski definition) is 4. The van der Waals surface area contributed by atoms with Gasteiger partial charge in [0.1, 0.15) is 5.75 Å². The fourth-order valence-electron chi connectivity index (χ4n) is 2.75. The first-order valence-electron chi connectivity index (χ1n) is 8.49. The number of pyridine rings is 1. The first kappa shape index (κ1) is 18.9. The summed E-state index contributed by atoms with van der Waals surface area (Å²) in [5.74, 6) is 0.673. The molecule has 0 unspecified atom stereocenters. The lowest BCUT2D eigenvalue weighted by Gasteiger charge is -2.21. The maximum Gasteiger partial charge on any atom is 0.264 e. The Kier molecular flexibility index (Phi) is 5.19. The Labute approximate surface area is 160 Å². The van der Waals surface area contributed by atoms with Crippen LogP contribution in [0.1, 0.15) is 11.1 Å². The van der Waals surface area contributed by atoms with Crippen LogP contribution >= 0.6 is 0 Å². The molecule has 5 nitrogen and oxygen atoms in total. The van der Waals surface area contributed by atoms with E-state index in [9.17, 15) is 8.42 Å². The molecular weight excluding hydrogens is 360 g/mol. The molecule has 0 fully saturated rings. The quantitative estimate of drug-likeness (QED) is 0.664. The number of anilines is 1. The zero-order valence-electron chi connectivity index (χ0n) is 15.8. The predicted molar refractivity (Wildman–Crippen MR) is 108 cm³/mol. The molecule has 0 aliphatic carbocycles. The molecule has 0 saturated heterocycles. The topological polar surface area (TPSA) is 59.5 Å². The molecule has 0 spiro atoms. The van der Waals surface area contributed by atoms with Crippen molar-refractivity contribution < 1.29 is 13.2 Å². The maximum absolute atomic E-state index is 13.0. The third kappa shape index (κ3) is 3.80. The van der Waals surface area contributed by atoms with Crippen molar-refractivity contribution >= 4 is 15.7 Å². The molecule has 2 aromatic carbocycles. The predicted octanol–water partition coefficient (Wildman–Crippen LogP) is 4.20. The number of ether oxygens (including phenoxy) is 1. The molecule has 0 atom stereocenters. The average molecular weight is 382 g/mol. The molecule has 0 saturated carbocycles. The summed E-state index contributed by atoms with van der Waals surface area (Å²) < 4.78 is 32.4. The van der Waals surface area contributed by atoms with E-state index in [0.717, 1.165) is 22.4 Å². The van der Waals surface area contributed by atoms with Crippen molar-refractivity contribution in [2.24, 2.45) is 0 Å². The van der Waals surface area contributed by atoms with Crippen molar-refractivity contribution in [1.29, 1.82) is 0 Å². The highest BCUT2D eigenvalue weighted by Gasteiger charge is 2.22. The Morgan fingerprint density at radius 2 is 1.67 bits per heavy atom. The van der Waals surface area contributed by atoms with Gasteiger partial charge in [-0.1, -0.05) is 23.8 Å². The largest absolute Gasteiger partial charge is 0.495 e. The first-order chi connectivity index (χ1) is 12.8. The molecule has 0 radical (unpaired) electrons. The third-order valence-corrected chi connectivity index (χ3v) is 6.31. The van der Waals surface area contributed by atoms with Crippen molar-refractivity contribution in [3.8, 4) is 17.0 Å². The summed E-state index contributed by atoms with van der Waals surface area (Å²) in [7, 11) is -0.487. The Morgan fingerprint density at radius 1 is 0.963 bits per heavy atom. The fraction of sp³-hybridized carbons (Fsp3) is 0.190. The molecule has 0 amide bonds. The standard InChI is InChI=1S/C21H22N2O3S/c1-15-5-10-19(11-6-15)27(24,25)23(3)17-8-7-16(2)20(13-17)21-12-9-18(26-4)14-22-21/h5-14H,1-4H3. The molecule has 3 aromatic rings. The minimum atomic E-state index is -3.64. The van der Waals surface area contributed by atoms with Gasteiger partial charge < -0.3 is 4.74 Å². The average Bonchev–Trinajstić information content (AvgIpc) is 2.68. The van der Waals surface area contributed by atoms with E-state index in [1.807, 2.05) is 38.1 Å². The molecule has 1 heterocycles. The lowest BCUT2D eigenvalue weighted by molar-refractivity contribution is 0.413. The molecule has 0 aliphatic heterocycles. The van der Waals surface area contributed by atoms with Crippen molar-refractivity contribution in [1.82, 2.24) is 4.98 Å². The van der Waals surface area contributed by atoms with Gasteiger partial charge in [-0.2, -0.15) is 0 Å². The van der Waals surface area contributed by atoms with Gasteiger partial charge in [-0.3, -0.25) is 9.29 Å². The van der Waals surface area contributed by atoms with Gasteiger partial charge in [0.05, 0.1) is 29.6 Å². The number of aryl methyl sites for hydroxylation is 2. The van der Waals surface area contributed by atoms with Crippen LogP contribution in [0.2, 0.25) is 0 Å². The smallest absolute Gasteiger partial charge is 0.264 e. The molecule has 0 aliphatic rings. The SMILES string of the molecule is COc1ccc(-c2cc(N(C)S(=O)(=O)c3ccc(C)cc3)ccc2C)nc1. The highest BCUT2D eigenvalue weighted by atomic mass is 32.2. The summed E-state index contributed by atoms with van der Waals surface area (Å²) in [4.78, 5) is 4.68. The van der Waals surface area contributed by atoms with E-state index in [4.69, 9.17) is 4.74 Å². The monoisotopic (exact) mass is 382 g/mol. The first-order valence-corrected chi connectivity index (χ1v) is 9.93. The summed E-state index contributed by atoms with van der Waals surface area (Å²) in [6.07, 6.45) is 1.65. The lowest BCUT2D eigenvalue weighted by atomic mass is 10.0. The van der Waals surface area contributed by atoms with Crippen molar-refractivity contribution in [3.05, 3.63) is 71.9 Å². The Balaban J connectivity index is 2.00. The van der Waals surface area contributed by atoms with E-state index >= 15 is 0 Å². The highest BCUT2D eigenvalue weighted by molar-refractivity contribution is 7.92. The minimum Gasteiger partial charge on any atom is -0.495 e. The highest BCUT2D eigenvalue weighted by Crippen LogP contribution is 2.30. The van der Waals surface area contributed by atoms with Gasteiger partial charge in [0.25, 0.3) is 10.0 Å². The summed E-state index contributed by atoms with van der Waals surface area (Å²) >= 11 is 0. The van der Waals surface area contributed by atoms with Crippen LogP contribution < -0.4 is 9.04 Å². The van der Waals surface area contributed by atoms with E-state index in [1.165, 1.54) is 4.31 Å². The molecule has 140 valence electrons. The number of methoxy groups -OCH3 is 1. The molecule has 6 heteroatoms. The van der Waals surface area contributed by atoms with E-state index in [1.54, 1.807) is 50.7 Å². The number of rotatable bonds is 5. The van der Waals surface area contributed by atoms with Crippen LogP contribution in [-0.2, 0) is 10.0 Å². The van der Waals surface area contributed by atoms with Crippen LogP contribution in [0.15, 0.2) is 65.7 Å². The lowest BCUT2D eigenvalue weighted by Crippen LogP contribution is -2.26. The molecule has 1 aromatic heterocycles. The van der Waals surface area contributed by atoms with Gasteiger partial charge in [-0.25, -0.2) is 8.42 Å². The fourth-order valence-corrected chi connectivity index (χ4v) is 3.94. The van der Waals surface area contributed by atoms with Gasteiger partial charge in [0.2, 0.25) is 0 Å². The van der Waals surface area contributed by atoms with Crippen LogP contribution in [0.25, 0.3) is 11.3 Å². The van der Waals surface area contributed by atoms with Crippen molar-refractivity contribution in [3.63, 3.8) is 0 Å². The molecular formula is C21H22N2O3S. The number of sulfonamides is 1.